The normalized spacial score (nSPS) is 12.0. The van der Waals surface area contributed by atoms with E-state index >= 15 is 0 Å². The van der Waals surface area contributed by atoms with Crippen molar-refractivity contribution in [3.05, 3.63) is 17.6 Å². The Hall–Kier alpha value is -1.42. The average molecular weight is 279 g/mol. The maximum atomic E-state index is 11.8. The Balaban J connectivity index is 3.09. The van der Waals surface area contributed by atoms with Crippen molar-refractivity contribution in [2.75, 3.05) is 13.2 Å². The van der Waals surface area contributed by atoms with Crippen molar-refractivity contribution in [1.82, 2.24) is 4.72 Å². The fourth-order valence-electron chi connectivity index (χ4n) is 1.25. The Morgan fingerprint density at radius 3 is 2.39 bits per heavy atom. The topological polar surface area (TPSA) is 137 Å². The van der Waals surface area contributed by atoms with E-state index in [9.17, 15) is 13.2 Å². The number of hydrogen-bond acceptors (Lipinski definition) is 6. The third kappa shape index (κ3) is 3.07. The second kappa shape index (κ2) is 5.48. The second-order valence-electron chi connectivity index (χ2n) is 3.52. The van der Waals surface area contributed by atoms with E-state index in [-0.39, 0.29) is 10.7 Å². The van der Waals surface area contributed by atoms with E-state index < -0.39 is 41.0 Å². The number of hydrogen-bond donors (Lipinski definition) is 4. The Bertz CT molecular complexity index is 529. The zero-order valence-corrected chi connectivity index (χ0v) is 10.3. The van der Waals surface area contributed by atoms with Crippen LogP contribution in [0.25, 0.3) is 0 Å². The van der Waals surface area contributed by atoms with Crippen LogP contribution in [0.4, 0.5) is 0 Å². The van der Waals surface area contributed by atoms with Gasteiger partial charge in [-0.2, -0.15) is 0 Å². The minimum absolute atomic E-state index is 0.0884. The first-order chi connectivity index (χ1) is 8.31. The number of aliphatic hydroxyl groups excluding tert-OH is 2. The molecule has 9 heteroatoms. The molecule has 0 aliphatic heterocycles. The monoisotopic (exact) mass is 279 g/mol. The van der Waals surface area contributed by atoms with Crippen LogP contribution in [0.5, 0.6) is 0 Å². The van der Waals surface area contributed by atoms with Crippen molar-refractivity contribution < 1.29 is 32.9 Å². The number of sulfonamides is 1. The second-order valence-corrected chi connectivity index (χ2v) is 5.20. The number of furan rings is 1. The minimum atomic E-state index is -4.05. The number of aromatic carboxylic acids is 1. The number of aliphatic hydroxyl groups is 2. The molecule has 0 spiro atoms. The summed E-state index contributed by atoms with van der Waals surface area (Å²) in [4.78, 5) is 10.3. The van der Waals surface area contributed by atoms with Gasteiger partial charge >= 0.3 is 5.97 Å². The molecule has 4 N–H and O–H groups in total. The Kier molecular flexibility index (Phi) is 4.46. The largest absolute Gasteiger partial charge is 0.475 e. The fourth-order valence-corrected chi connectivity index (χ4v) is 2.65. The molecule has 1 heterocycles. The summed E-state index contributed by atoms with van der Waals surface area (Å²) in [6, 6.07) is -0.191. The van der Waals surface area contributed by atoms with Gasteiger partial charge in [0.1, 0.15) is 10.7 Å². The van der Waals surface area contributed by atoms with Crippen molar-refractivity contribution in [2.45, 2.75) is 17.9 Å². The summed E-state index contributed by atoms with van der Waals surface area (Å²) in [5.74, 6) is -1.98. The molecule has 1 aromatic rings. The van der Waals surface area contributed by atoms with E-state index in [2.05, 4.69) is 0 Å². The fraction of sp³-hybridized carbons (Fsp3) is 0.444. The van der Waals surface area contributed by atoms with Crippen LogP contribution in [0.2, 0.25) is 0 Å². The first-order valence-corrected chi connectivity index (χ1v) is 6.38. The molecule has 0 fully saturated rings. The highest BCUT2D eigenvalue weighted by molar-refractivity contribution is 7.89. The molecule has 0 amide bonds. The molecule has 1 rings (SSSR count). The Morgan fingerprint density at radius 2 is 2.00 bits per heavy atom. The molecule has 0 saturated heterocycles. The van der Waals surface area contributed by atoms with Gasteiger partial charge in [-0.1, -0.05) is 0 Å². The molecule has 1 aromatic heterocycles. The van der Waals surface area contributed by atoms with Crippen molar-refractivity contribution in [1.29, 1.82) is 0 Å². The summed E-state index contributed by atoms with van der Waals surface area (Å²) in [5.41, 5.74) is 0. The molecule has 8 nitrogen and oxygen atoms in total. The molecule has 18 heavy (non-hydrogen) atoms. The number of nitrogens with one attached hydrogen (secondary N) is 1. The van der Waals surface area contributed by atoms with Crippen LogP contribution in [-0.4, -0.2) is 49.0 Å². The molecule has 0 atom stereocenters. The summed E-state index contributed by atoms with van der Waals surface area (Å²) in [5, 5.41) is 26.3. The maximum Gasteiger partial charge on any atom is 0.371 e. The van der Waals surface area contributed by atoms with Crippen molar-refractivity contribution in [3.63, 3.8) is 0 Å². The van der Waals surface area contributed by atoms with Gasteiger partial charge in [0.05, 0.1) is 19.3 Å². The van der Waals surface area contributed by atoms with Crippen LogP contribution in [0, 0.1) is 6.92 Å². The quantitative estimate of drug-likeness (QED) is 0.519. The number of carboxylic acids is 1. The zero-order valence-electron chi connectivity index (χ0n) is 9.45. The van der Waals surface area contributed by atoms with E-state index in [4.69, 9.17) is 19.7 Å². The van der Waals surface area contributed by atoms with Gasteiger partial charge in [-0.3, -0.25) is 0 Å². The van der Waals surface area contributed by atoms with Crippen molar-refractivity contribution in [2.24, 2.45) is 0 Å². The van der Waals surface area contributed by atoms with Gasteiger partial charge in [-0.15, -0.1) is 0 Å². The van der Waals surface area contributed by atoms with Gasteiger partial charge in [0, 0.05) is 6.07 Å². The molecular weight excluding hydrogens is 266 g/mol. The molecular formula is C9H13NO7S. The van der Waals surface area contributed by atoms with E-state index in [1.165, 1.54) is 6.92 Å². The minimum Gasteiger partial charge on any atom is -0.475 e. The summed E-state index contributed by atoms with van der Waals surface area (Å²) >= 11 is 0. The van der Waals surface area contributed by atoms with Gasteiger partial charge in [0.2, 0.25) is 15.8 Å². The number of aryl methyl sites for hydroxylation is 1. The highest BCUT2D eigenvalue weighted by atomic mass is 32.2. The Morgan fingerprint density at radius 1 is 1.44 bits per heavy atom. The maximum absolute atomic E-state index is 11.8. The SMILES string of the molecule is Cc1oc(C(=O)O)cc1S(=O)(=O)NC(CO)CO. The number of carboxylic acid groups (broad SMARTS) is 1. The van der Waals surface area contributed by atoms with Gasteiger partial charge in [0.25, 0.3) is 0 Å². The van der Waals surface area contributed by atoms with Crippen LogP contribution < -0.4 is 4.72 Å². The van der Waals surface area contributed by atoms with Crippen molar-refractivity contribution >= 4 is 16.0 Å². The third-order valence-electron chi connectivity index (χ3n) is 2.14. The molecule has 0 aliphatic rings. The lowest BCUT2D eigenvalue weighted by atomic mass is 10.4. The number of carbonyl (C=O) groups is 1. The summed E-state index contributed by atoms with van der Waals surface area (Å²) in [7, 11) is -4.05. The van der Waals surface area contributed by atoms with E-state index in [1.54, 1.807) is 0 Å². The predicted octanol–water partition coefficient (Wildman–Crippen LogP) is -1.08. The van der Waals surface area contributed by atoms with Crippen LogP contribution in [0.15, 0.2) is 15.4 Å². The lowest BCUT2D eigenvalue weighted by Gasteiger charge is -2.12. The highest BCUT2D eigenvalue weighted by Gasteiger charge is 2.26. The summed E-state index contributed by atoms with van der Waals surface area (Å²) < 4.78 is 30.5. The standard InChI is InChI=1S/C9H13NO7S/c1-5-8(2-7(17-5)9(13)14)18(15,16)10-6(3-11)4-12/h2,6,10-12H,3-4H2,1H3,(H,13,14). The van der Waals surface area contributed by atoms with Gasteiger partial charge < -0.3 is 19.7 Å². The van der Waals surface area contributed by atoms with E-state index in [1.807, 2.05) is 4.72 Å². The molecule has 0 aromatic carbocycles. The first kappa shape index (κ1) is 14.6. The molecule has 102 valence electrons. The van der Waals surface area contributed by atoms with E-state index in [0.29, 0.717) is 0 Å². The summed E-state index contributed by atoms with van der Waals surface area (Å²) in [6.45, 7) is 0.130. The predicted molar refractivity (Wildman–Crippen MR) is 58.7 cm³/mol. The molecule has 0 aliphatic carbocycles. The zero-order chi connectivity index (χ0) is 13.9. The summed E-state index contributed by atoms with van der Waals surface area (Å²) in [6.07, 6.45) is 0. The Labute approximate surface area is 103 Å². The van der Waals surface area contributed by atoms with Crippen LogP contribution >= 0.6 is 0 Å². The lowest BCUT2D eigenvalue weighted by Crippen LogP contribution is -2.40. The van der Waals surface area contributed by atoms with Crippen LogP contribution in [-0.2, 0) is 10.0 Å². The number of rotatable bonds is 6. The first-order valence-electron chi connectivity index (χ1n) is 4.89. The molecule has 0 radical (unpaired) electrons. The van der Waals surface area contributed by atoms with Crippen LogP contribution in [0.1, 0.15) is 16.3 Å². The van der Waals surface area contributed by atoms with Gasteiger partial charge in [-0.25, -0.2) is 17.9 Å². The van der Waals surface area contributed by atoms with Gasteiger partial charge in [0.15, 0.2) is 0 Å². The lowest BCUT2D eigenvalue weighted by molar-refractivity contribution is 0.0661. The van der Waals surface area contributed by atoms with E-state index in [0.717, 1.165) is 6.07 Å². The highest BCUT2D eigenvalue weighted by Crippen LogP contribution is 2.20. The molecule has 0 bridgehead atoms. The third-order valence-corrected chi connectivity index (χ3v) is 3.76. The smallest absolute Gasteiger partial charge is 0.371 e. The molecule has 0 saturated carbocycles. The van der Waals surface area contributed by atoms with Crippen molar-refractivity contribution in [3.8, 4) is 0 Å². The average Bonchev–Trinajstić information content (AvgIpc) is 2.69. The molecule has 0 unspecified atom stereocenters. The van der Waals surface area contributed by atoms with Gasteiger partial charge in [-0.05, 0) is 6.92 Å². The van der Waals surface area contributed by atoms with Crippen LogP contribution in [0.3, 0.4) is 0 Å².